The summed E-state index contributed by atoms with van der Waals surface area (Å²) >= 11 is 10.8. The van der Waals surface area contributed by atoms with E-state index < -0.39 is 0 Å². The molecule has 0 heterocycles. The van der Waals surface area contributed by atoms with Crippen molar-refractivity contribution in [2.75, 3.05) is 5.32 Å². The second kappa shape index (κ2) is 7.09. The number of rotatable bonds is 3. The molecule has 3 N–H and O–H groups in total. The van der Waals surface area contributed by atoms with Crippen LogP contribution in [0.5, 0.6) is 0 Å². The van der Waals surface area contributed by atoms with Gasteiger partial charge < -0.3 is 5.32 Å². The van der Waals surface area contributed by atoms with Gasteiger partial charge in [-0.15, -0.1) is 0 Å². The van der Waals surface area contributed by atoms with Crippen molar-refractivity contribution in [2.45, 2.75) is 19.8 Å². The summed E-state index contributed by atoms with van der Waals surface area (Å²) < 4.78 is 0. The van der Waals surface area contributed by atoms with E-state index in [-0.39, 0.29) is 5.91 Å². The fraction of sp³-hybridized carbons (Fsp3) is 0.273. The topological polar surface area (TPSA) is 53.2 Å². The minimum absolute atomic E-state index is 0.0900. The highest BCUT2D eigenvalue weighted by Gasteiger charge is 2.00. The van der Waals surface area contributed by atoms with Crippen LogP contribution in [0.1, 0.15) is 19.8 Å². The first-order valence-electron chi connectivity index (χ1n) is 5.23. The molecule has 4 nitrogen and oxygen atoms in total. The molecular formula is C11H14ClN3OS. The molecule has 0 saturated heterocycles. The molecule has 1 amide bonds. The highest BCUT2D eigenvalue weighted by molar-refractivity contribution is 7.80. The molecule has 1 rings (SSSR count). The summed E-state index contributed by atoms with van der Waals surface area (Å²) in [6.07, 6.45) is 1.27. The molecule has 0 atom stereocenters. The summed E-state index contributed by atoms with van der Waals surface area (Å²) in [5, 5.41) is 3.90. The number of carbonyl (C=O) groups is 1. The zero-order valence-corrected chi connectivity index (χ0v) is 11.0. The predicted octanol–water partition coefficient (Wildman–Crippen LogP) is 2.46. The maximum absolute atomic E-state index is 11.2. The summed E-state index contributed by atoms with van der Waals surface area (Å²) in [6.45, 7) is 1.93. The van der Waals surface area contributed by atoms with Crippen molar-refractivity contribution >= 4 is 40.5 Å². The molecule has 0 aliphatic rings. The minimum atomic E-state index is -0.0900. The number of halogens is 1. The third kappa shape index (κ3) is 5.51. The third-order valence-electron chi connectivity index (χ3n) is 1.89. The van der Waals surface area contributed by atoms with Gasteiger partial charge in [0.05, 0.1) is 0 Å². The number of anilines is 1. The van der Waals surface area contributed by atoms with E-state index in [1.54, 1.807) is 24.3 Å². The van der Waals surface area contributed by atoms with Gasteiger partial charge >= 0.3 is 0 Å². The van der Waals surface area contributed by atoms with Crippen molar-refractivity contribution in [3.8, 4) is 0 Å². The Morgan fingerprint density at radius 3 is 2.53 bits per heavy atom. The van der Waals surface area contributed by atoms with Crippen LogP contribution in [0.2, 0.25) is 5.02 Å². The summed E-state index contributed by atoms with van der Waals surface area (Å²) in [7, 11) is 0. The van der Waals surface area contributed by atoms with E-state index in [4.69, 9.17) is 23.8 Å². The molecule has 1 aromatic carbocycles. The molecule has 0 unspecified atom stereocenters. The first kappa shape index (κ1) is 13.7. The van der Waals surface area contributed by atoms with Crippen molar-refractivity contribution in [1.82, 2.24) is 10.9 Å². The maximum atomic E-state index is 11.2. The van der Waals surface area contributed by atoms with E-state index >= 15 is 0 Å². The number of hydrogen-bond donors (Lipinski definition) is 3. The molecule has 0 aliphatic carbocycles. The van der Waals surface area contributed by atoms with E-state index in [0.717, 1.165) is 12.1 Å². The van der Waals surface area contributed by atoms with Crippen LogP contribution in [-0.2, 0) is 4.79 Å². The number of amides is 1. The quantitative estimate of drug-likeness (QED) is 0.584. The number of benzene rings is 1. The van der Waals surface area contributed by atoms with Crippen LogP contribution in [0.4, 0.5) is 5.69 Å². The van der Waals surface area contributed by atoms with Crippen LogP contribution < -0.4 is 16.2 Å². The molecule has 0 spiro atoms. The van der Waals surface area contributed by atoms with Crippen molar-refractivity contribution in [2.24, 2.45) is 0 Å². The molecule has 92 valence electrons. The lowest BCUT2D eigenvalue weighted by Gasteiger charge is -2.11. The average Bonchev–Trinajstić information content (AvgIpc) is 2.30. The summed E-state index contributed by atoms with van der Waals surface area (Å²) in [4.78, 5) is 11.2. The number of hydrazine groups is 1. The second-order valence-electron chi connectivity index (χ2n) is 3.38. The summed E-state index contributed by atoms with van der Waals surface area (Å²) in [6, 6.07) is 7.10. The van der Waals surface area contributed by atoms with Gasteiger partial charge in [-0.3, -0.25) is 15.6 Å². The molecule has 0 radical (unpaired) electrons. The highest BCUT2D eigenvalue weighted by Crippen LogP contribution is 2.12. The smallest absolute Gasteiger partial charge is 0.238 e. The first-order valence-corrected chi connectivity index (χ1v) is 6.02. The van der Waals surface area contributed by atoms with Crippen molar-refractivity contribution < 1.29 is 4.79 Å². The Labute approximate surface area is 111 Å². The lowest BCUT2D eigenvalue weighted by atomic mass is 10.3. The Kier molecular flexibility index (Phi) is 5.72. The molecule has 0 saturated carbocycles. The molecule has 0 aliphatic heterocycles. The van der Waals surface area contributed by atoms with Gasteiger partial charge in [-0.2, -0.15) is 0 Å². The fourth-order valence-corrected chi connectivity index (χ4v) is 1.41. The fourth-order valence-electron chi connectivity index (χ4n) is 1.11. The Morgan fingerprint density at radius 2 is 1.94 bits per heavy atom. The molecular weight excluding hydrogens is 258 g/mol. The van der Waals surface area contributed by atoms with Crippen molar-refractivity contribution in [1.29, 1.82) is 0 Å². The van der Waals surface area contributed by atoms with Crippen LogP contribution in [0, 0.1) is 0 Å². The van der Waals surface area contributed by atoms with Crippen LogP contribution in [0.25, 0.3) is 0 Å². The van der Waals surface area contributed by atoms with Crippen LogP contribution in [0.15, 0.2) is 24.3 Å². The first-order chi connectivity index (χ1) is 8.11. The largest absolute Gasteiger partial charge is 0.331 e. The normalized spacial score (nSPS) is 9.53. The van der Waals surface area contributed by atoms with Crippen LogP contribution in [-0.4, -0.2) is 11.0 Å². The van der Waals surface area contributed by atoms with Gasteiger partial charge in [-0.25, -0.2) is 0 Å². The van der Waals surface area contributed by atoms with Gasteiger partial charge in [0, 0.05) is 17.1 Å². The number of hydrogen-bond acceptors (Lipinski definition) is 2. The standard InChI is InChI=1S/C11H14ClN3OS/c1-2-3-10(16)14-15-11(17)13-9-6-4-8(12)5-7-9/h4-7H,2-3H2,1H3,(H,14,16)(H2,13,15,17). The molecule has 6 heteroatoms. The zero-order chi connectivity index (χ0) is 12.7. The van der Waals surface area contributed by atoms with E-state index in [9.17, 15) is 4.79 Å². The van der Waals surface area contributed by atoms with Crippen LogP contribution in [0.3, 0.4) is 0 Å². The molecule has 1 aromatic rings. The number of nitrogens with one attached hydrogen (secondary N) is 3. The van der Waals surface area contributed by atoms with E-state index in [2.05, 4.69) is 16.2 Å². The monoisotopic (exact) mass is 271 g/mol. The number of carbonyl (C=O) groups excluding carboxylic acids is 1. The summed E-state index contributed by atoms with van der Waals surface area (Å²) in [5.74, 6) is -0.0900. The van der Waals surface area contributed by atoms with E-state index in [0.29, 0.717) is 16.6 Å². The van der Waals surface area contributed by atoms with Gasteiger partial charge in [-0.05, 0) is 42.9 Å². The Balaban J connectivity index is 2.34. The lowest BCUT2D eigenvalue weighted by Crippen LogP contribution is -2.43. The highest BCUT2D eigenvalue weighted by atomic mass is 35.5. The molecule has 17 heavy (non-hydrogen) atoms. The predicted molar refractivity (Wildman–Crippen MR) is 73.9 cm³/mol. The van der Waals surface area contributed by atoms with Gasteiger partial charge in [0.2, 0.25) is 5.91 Å². The Morgan fingerprint density at radius 1 is 1.29 bits per heavy atom. The minimum Gasteiger partial charge on any atom is -0.331 e. The number of thiocarbonyl (C=S) groups is 1. The second-order valence-corrected chi connectivity index (χ2v) is 4.23. The summed E-state index contributed by atoms with van der Waals surface area (Å²) in [5.41, 5.74) is 5.92. The third-order valence-corrected chi connectivity index (χ3v) is 2.35. The van der Waals surface area contributed by atoms with Gasteiger partial charge in [0.25, 0.3) is 0 Å². The van der Waals surface area contributed by atoms with Gasteiger partial charge in [0.15, 0.2) is 5.11 Å². The SMILES string of the molecule is CCCC(=O)NNC(=S)Nc1ccc(Cl)cc1. The van der Waals surface area contributed by atoms with E-state index in [1.165, 1.54) is 0 Å². The lowest BCUT2D eigenvalue weighted by molar-refractivity contribution is -0.121. The zero-order valence-electron chi connectivity index (χ0n) is 9.42. The Hall–Kier alpha value is -1.33. The maximum Gasteiger partial charge on any atom is 0.238 e. The van der Waals surface area contributed by atoms with Gasteiger partial charge in [0.1, 0.15) is 0 Å². The molecule has 0 fully saturated rings. The Bertz CT molecular complexity index is 394. The van der Waals surface area contributed by atoms with Crippen molar-refractivity contribution in [3.63, 3.8) is 0 Å². The molecule has 0 aromatic heterocycles. The van der Waals surface area contributed by atoms with E-state index in [1.807, 2.05) is 6.92 Å². The average molecular weight is 272 g/mol. The molecule has 0 bridgehead atoms. The van der Waals surface area contributed by atoms with Crippen LogP contribution >= 0.6 is 23.8 Å². The van der Waals surface area contributed by atoms with Crippen molar-refractivity contribution in [3.05, 3.63) is 29.3 Å². The van der Waals surface area contributed by atoms with Gasteiger partial charge in [-0.1, -0.05) is 18.5 Å².